The minimum atomic E-state index is -3.88. The maximum absolute atomic E-state index is 14.3. The lowest BCUT2D eigenvalue weighted by Crippen LogP contribution is -2.31. The Morgan fingerprint density at radius 1 is 1.26 bits per heavy atom. The topological polar surface area (TPSA) is 84.5 Å². The van der Waals surface area contributed by atoms with Crippen LogP contribution < -0.4 is 10.0 Å². The van der Waals surface area contributed by atoms with Crippen molar-refractivity contribution in [1.82, 2.24) is 4.72 Å². The van der Waals surface area contributed by atoms with Gasteiger partial charge in [-0.05, 0) is 43.2 Å². The molecule has 144 valence electrons. The molecule has 0 unspecified atom stereocenters. The van der Waals surface area contributed by atoms with Gasteiger partial charge in [0.25, 0.3) is 5.91 Å². The molecule has 1 saturated heterocycles. The van der Waals surface area contributed by atoms with E-state index in [0.717, 1.165) is 18.9 Å². The maximum atomic E-state index is 14.3. The standard InChI is InChI=1S/C18H18ClFN2O4S/c19-15-6-2-1-5-14(15)18(23)22-17-8-7-13(10-16(17)20)27(24,25)21-11-12-4-3-9-26-12/h1-2,5-8,10,12,21H,3-4,9,11H2,(H,22,23)/t12-/m0/s1. The number of hydrogen-bond donors (Lipinski definition) is 2. The summed E-state index contributed by atoms with van der Waals surface area (Å²) in [5.41, 5.74) is 0.0477. The SMILES string of the molecule is O=C(Nc1ccc(S(=O)(=O)NC[C@@H]2CCCO2)cc1F)c1ccccc1Cl. The molecule has 0 bridgehead atoms. The molecule has 3 rings (SSSR count). The van der Waals surface area contributed by atoms with Crippen molar-refractivity contribution in [3.05, 3.63) is 58.9 Å². The van der Waals surface area contributed by atoms with Crippen molar-refractivity contribution in [2.75, 3.05) is 18.5 Å². The van der Waals surface area contributed by atoms with Crippen LogP contribution in [0, 0.1) is 5.82 Å². The van der Waals surface area contributed by atoms with E-state index in [2.05, 4.69) is 10.0 Å². The molecule has 0 saturated carbocycles. The van der Waals surface area contributed by atoms with E-state index in [0.29, 0.717) is 6.61 Å². The molecule has 1 heterocycles. The summed E-state index contributed by atoms with van der Waals surface area (Å²) in [4.78, 5) is 12.0. The molecule has 2 aromatic carbocycles. The third kappa shape index (κ3) is 4.84. The largest absolute Gasteiger partial charge is 0.377 e. The summed E-state index contributed by atoms with van der Waals surface area (Å²) in [7, 11) is -3.88. The Hall–Kier alpha value is -2.00. The Morgan fingerprint density at radius 3 is 2.70 bits per heavy atom. The van der Waals surface area contributed by atoms with E-state index in [1.165, 1.54) is 18.2 Å². The van der Waals surface area contributed by atoms with Crippen molar-refractivity contribution in [1.29, 1.82) is 0 Å². The number of anilines is 1. The van der Waals surface area contributed by atoms with Crippen LogP contribution in [0.4, 0.5) is 10.1 Å². The first-order chi connectivity index (χ1) is 12.9. The highest BCUT2D eigenvalue weighted by Gasteiger charge is 2.21. The van der Waals surface area contributed by atoms with Crippen molar-refractivity contribution in [2.24, 2.45) is 0 Å². The highest BCUT2D eigenvalue weighted by Crippen LogP contribution is 2.22. The number of nitrogens with one attached hydrogen (secondary N) is 2. The van der Waals surface area contributed by atoms with E-state index in [4.69, 9.17) is 16.3 Å². The van der Waals surface area contributed by atoms with Crippen LogP contribution >= 0.6 is 11.6 Å². The van der Waals surface area contributed by atoms with Gasteiger partial charge in [-0.3, -0.25) is 4.79 Å². The fourth-order valence-corrected chi connectivity index (χ4v) is 3.99. The van der Waals surface area contributed by atoms with Crippen LogP contribution in [0.25, 0.3) is 0 Å². The predicted molar refractivity (Wildman–Crippen MR) is 100.0 cm³/mol. The summed E-state index contributed by atoms with van der Waals surface area (Å²) in [5, 5.41) is 2.62. The van der Waals surface area contributed by atoms with Crippen molar-refractivity contribution in [3.8, 4) is 0 Å². The Bertz CT molecular complexity index is 946. The van der Waals surface area contributed by atoms with Gasteiger partial charge in [-0.2, -0.15) is 0 Å². The summed E-state index contributed by atoms with van der Waals surface area (Å²) >= 11 is 5.95. The molecule has 1 atom stereocenters. The molecular formula is C18H18ClFN2O4S. The lowest BCUT2D eigenvalue weighted by Gasteiger charge is -2.12. The molecule has 2 aromatic rings. The molecule has 0 radical (unpaired) electrons. The number of sulfonamides is 1. The number of benzene rings is 2. The average molecular weight is 413 g/mol. The van der Waals surface area contributed by atoms with Gasteiger partial charge in [-0.25, -0.2) is 17.5 Å². The van der Waals surface area contributed by atoms with Gasteiger partial charge in [0.1, 0.15) is 5.82 Å². The van der Waals surface area contributed by atoms with Crippen LogP contribution in [0.15, 0.2) is 47.4 Å². The molecule has 1 aliphatic rings. The Labute approximate surface area is 161 Å². The Kier molecular flexibility index (Phi) is 6.11. The van der Waals surface area contributed by atoms with E-state index in [1.807, 2.05) is 0 Å². The zero-order chi connectivity index (χ0) is 19.4. The van der Waals surface area contributed by atoms with E-state index >= 15 is 0 Å². The van der Waals surface area contributed by atoms with Crippen molar-refractivity contribution in [2.45, 2.75) is 23.8 Å². The van der Waals surface area contributed by atoms with E-state index in [1.54, 1.807) is 18.2 Å². The number of carbonyl (C=O) groups excluding carboxylic acids is 1. The lowest BCUT2D eigenvalue weighted by molar-refractivity contribution is 0.102. The van der Waals surface area contributed by atoms with Crippen molar-refractivity contribution >= 4 is 33.2 Å². The van der Waals surface area contributed by atoms with Crippen LogP contribution in [0.2, 0.25) is 5.02 Å². The summed E-state index contributed by atoms with van der Waals surface area (Å²) in [6.45, 7) is 0.746. The predicted octanol–water partition coefficient (Wildman–Crippen LogP) is 3.19. The number of amides is 1. The minimum Gasteiger partial charge on any atom is -0.377 e. The number of rotatable bonds is 6. The lowest BCUT2D eigenvalue weighted by atomic mass is 10.2. The van der Waals surface area contributed by atoms with E-state index < -0.39 is 21.7 Å². The second-order valence-corrected chi connectivity index (χ2v) is 8.24. The van der Waals surface area contributed by atoms with Gasteiger partial charge in [-0.1, -0.05) is 23.7 Å². The van der Waals surface area contributed by atoms with Gasteiger partial charge in [0.2, 0.25) is 10.0 Å². The molecular weight excluding hydrogens is 395 g/mol. The monoisotopic (exact) mass is 412 g/mol. The fourth-order valence-electron chi connectivity index (χ4n) is 2.69. The van der Waals surface area contributed by atoms with Gasteiger partial charge in [-0.15, -0.1) is 0 Å². The first kappa shape index (κ1) is 19.8. The molecule has 1 aliphatic heterocycles. The first-order valence-electron chi connectivity index (χ1n) is 8.33. The smallest absolute Gasteiger partial charge is 0.257 e. The second-order valence-electron chi connectivity index (χ2n) is 6.06. The van der Waals surface area contributed by atoms with E-state index in [9.17, 15) is 17.6 Å². The normalized spacial score (nSPS) is 17.0. The zero-order valence-corrected chi connectivity index (χ0v) is 15.8. The minimum absolute atomic E-state index is 0.134. The molecule has 0 aliphatic carbocycles. The van der Waals surface area contributed by atoms with Crippen LogP contribution in [0.5, 0.6) is 0 Å². The third-order valence-corrected chi connectivity index (χ3v) is 5.89. The molecule has 0 spiro atoms. The van der Waals surface area contributed by atoms with Crippen molar-refractivity contribution < 1.29 is 22.3 Å². The molecule has 1 fully saturated rings. The Morgan fingerprint density at radius 2 is 2.04 bits per heavy atom. The molecule has 6 nitrogen and oxygen atoms in total. The summed E-state index contributed by atoms with van der Waals surface area (Å²) in [5.74, 6) is -1.46. The van der Waals surface area contributed by atoms with Gasteiger partial charge in [0.15, 0.2) is 0 Å². The van der Waals surface area contributed by atoms with Crippen molar-refractivity contribution in [3.63, 3.8) is 0 Å². The van der Waals surface area contributed by atoms with Gasteiger partial charge >= 0.3 is 0 Å². The zero-order valence-electron chi connectivity index (χ0n) is 14.2. The number of ether oxygens (including phenoxy) is 1. The van der Waals surface area contributed by atoms with Gasteiger partial charge in [0, 0.05) is 13.2 Å². The maximum Gasteiger partial charge on any atom is 0.257 e. The van der Waals surface area contributed by atoms with Crippen LogP contribution in [0.1, 0.15) is 23.2 Å². The highest BCUT2D eigenvalue weighted by molar-refractivity contribution is 7.89. The molecule has 2 N–H and O–H groups in total. The van der Waals surface area contributed by atoms with Crippen LogP contribution in [-0.4, -0.2) is 33.6 Å². The van der Waals surface area contributed by atoms with E-state index in [-0.39, 0.29) is 33.8 Å². The molecule has 1 amide bonds. The molecule has 27 heavy (non-hydrogen) atoms. The first-order valence-corrected chi connectivity index (χ1v) is 10.2. The average Bonchev–Trinajstić information content (AvgIpc) is 3.15. The van der Waals surface area contributed by atoms with Gasteiger partial charge in [0.05, 0.1) is 27.3 Å². The second kappa shape index (κ2) is 8.35. The summed E-state index contributed by atoms with van der Waals surface area (Å²) in [6.07, 6.45) is 1.50. The molecule has 0 aromatic heterocycles. The fraction of sp³-hybridized carbons (Fsp3) is 0.278. The van der Waals surface area contributed by atoms with Gasteiger partial charge < -0.3 is 10.1 Å². The molecule has 9 heteroatoms. The Balaban J connectivity index is 1.71. The third-order valence-electron chi connectivity index (χ3n) is 4.14. The quantitative estimate of drug-likeness (QED) is 0.763. The summed E-state index contributed by atoms with van der Waals surface area (Å²) in [6, 6.07) is 9.63. The number of hydrogen-bond acceptors (Lipinski definition) is 4. The van der Waals surface area contributed by atoms with Crippen LogP contribution in [-0.2, 0) is 14.8 Å². The van der Waals surface area contributed by atoms with Crippen LogP contribution in [0.3, 0.4) is 0 Å². The highest BCUT2D eigenvalue weighted by atomic mass is 35.5. The number of halogens is 2. The summed E-state index contributed by atoms with van der Waals surface area (Å²) < 4.78 is 46.7. The number of carbonyl (C=O) groups is 1.